The van der Waals surface area contributed by atoms with Gasteiger partial charge in [-0.3, -0.25) is 9.59 Å². The number of hydrogen-bond donors (Lipinski definition) is 3. The smallest absolute Gasteiger partial charge is 0.251 e. The number of nitrogens with two attached hydrogens (primary N) is 2. The Morgan fingerprint density at radius 2 is 2.00 bits per heavy atom. The predicted molar refractivity (Wildman–Crippen MR) is 76.0 cm³/mol. The molecule has 1 aromatic rings. The lowest BCUT2D eigenvalue weighted by Gasteiger charge is -2.20. The van der Waals surface area contributed by atoms with Crippen LogP contribution in [0.3, 0.4) is 0 Å². The second-order valence-corrected chi connectivity index (χ2v) is 5.84. The molecule has 0 saturated heterocycles. The number of nitrogens with one attached hydrogen (secondary N) is 1. The van der Waals surface area contributed by atoms with Gasteiger partial charge in [-0.25, -0.2) is 0 Å². The van der Waals surface area contributed by atoms with E-state index in [1.165, 1.54) is 11.3 Å². The zero-order valence-corrected chi connectivity index (χ0v) is 11.5. The molecule has 1 heterocycles. The molecule has 104 valence electrons. The van der Waals surface area contributed by atoms with Crippen LogP contribution in [0.4, 0.5) is 5.00 Å². The first kappa shape index (κ1) is 14.0. The summed E-state index contributed by atoms with van der Waals surface area (Å²) in [4.78, 5) is 23.5. The van der Waals surface area contributed by atoms with E-state index in [1.54, 1.807) is 11.4 Å². The van der Waals surface area contributed by atoms with Crippen LogP contribution in [0.5, 0.6) is 0 Å². The highest BCUT2D eigenvalue weighted by Crippen LogP contribution is 2.27. The van der Waals surface area contributed by atoms with Gasteiger partial charge in [-0.15, -0.1) is 11.3 Å². The molecule has 5 N–H and O–H groups in total. The molecule has 2 atom stereocenters. The average molecular weight is 281 g/mol. The fourth-order valence-electron chi connectivity index (χ4n) is 2.47. The van der Waals surface area contributed by atoms with E-state index in [4.69, 9.17) is 11.5 Å². The van der Waals surface area contributed by atoms with Crippen LogP contribution in [0.2, 0.25) is 0 Å². The minimum absolute atomic E-state index is 0.0977. The first-order chi connectivity index (χ1) is 9.09. The summed E-state index contributed by atoms with van der Waals surface area (Å²) in [6.07, 6.45) is 4.92. The summed E-state index contributed by atoms with van der Waals surface area (Å²) >= 11 is 1.30. The van der Waals surface area contributed by atoms with E-state index in [9.17, 15) is 9.59 Å². The molecule has 0 aromatic carbocycles. The minimum Gasteiger partial charge on any atom is -0.366 e. The third-order valence-corrected chi connectivity index (χ3v) is 4.40. The number of anilines is 1. The van der Waals surface area contributed by atoms with Crippen molar-refractivity contribution in [1.82, 2.24) is 0 Å². The van der Waals surface area contributed by atoms with E-state index in [1.807, 2.05) is 0 Å². The van der Waals surface area contributed by atoms with Crippen molar-refractivity contribution in [2.45, 2.75) is 38.1 Å². The van der Waals surface area contributed by atoms with Gasteiger partial charge in [0.2, 0.25) is 5.91 Å². The quantitative estimate of drug-likeness (QED) is 0.735. The lowest BCUT2D eigenvalue weighted by Crippen LogP contribution is -2.37. The second-order valence-electron chi connectivity index (χ2n) is 4.93. The zero-order valence-electron chi connectivity index (χ0n) is 10.7. The summed E-state index contributed by atoms with van der Waals surface area (Å²) in [6, 6.07) is 1.52. The molecule has 0 bridgehead atoms. The lowest BCUT2D eigenvalue weighted by molar-refractivity contribution is -0.120. The van der Waals surface area contributed by atoms with Gasteiger partial charge in [0.1, 0.15) is 5.00 Å². The summed E-state index contributed by atoms with van der Waals surface area (Å²) in [5.41, 5.74) is 11.7. The molecule has 19 heavy (non-hydrogen) atoms. The Morgan fingerprint density at radius 3 is 2.74 bits per heavy atom. The monoisotopic (exact) mass is 281 g/mol. The van der Waals surface area contributed by atoms with Gasteiger partial charge in [0.25, 0.3) is 5.91 Å². The zero-order chi connectivity index (χ0) is 13.8. The first-order valence-corrected chi connectivity index (χ1v) is 7.41. The Kier molecular flexibility index (Phi) is 4.55. The van der Waals surface area contributed by atoms with Crippen LogP contribution in [-0.2, 0) is 4.79 Å². The second kappa shape index (κ2) is 6.16. The van der Waals surface area contributed by atoms with Crippen LogP contribution >= 0.6 is 11.3 Å². The van der Waals surface area contributed by atoms with E-state index in [-0.39, 0.29) is 17.9 Å². The third-order valence-electron chi connectivity index (χ3n) is 3.57. The standard InChI is InChI=1S/C13H19N3O2S/c14-10-5-3-1-2-4-8(10)12(18)16-13-9(11(15)17)6-7-19-13/h6-8,10H,1-5,14H2,(H2,15,17)(H,16,18). The molecule has 5 nitrogen and oxygen atoms in total. The van der Waals surface area contributed by atoms with Gasteiger partial charge in [0, 0.05) is 6.04 Å². The van der Waals surface area contributed by atoms with Crippen molar-refractivity contribution < 1.29 is 9.59 Å². The maximum absolute atomic E-state index is 12.3. The van der Waals surface area contributed by atoms with E-state index in [2.05, 4.69) is 5.32 Å². The Labute approximate surface area is 116 Å². The fourth-order valence-corrected chi connectivity index (χ4v) is 3.26. The number of carbonyl (C=O) groups is 2. The largest absolute Gasteiger partial charge is 0.366 e. The maximum atomic E-state index is 12.3. The number of rotatable bonds is 3. The van der Waals surface area contributed by atoms with Crippen molar-refractivity contribution >= 4 is 28.2 Å². The van der Waals surface area contributed by atoms with Crippen molar-refractivity contribution in [3.8, 4) is 0 Å². The summed E-state index contributed by atoms with van der Waals surface area (Å²) in [5.74, 6) is -0.800. The van der Waals surface area contributed by atoms with Crippen LogP contribution < -0.4 is 16.8 Å². The van der Waals surface area contributed by atoms with Crippen LogP contribution in [0.25, 0.3) is 0 Å². The Balaban J connectivity index is 2.07. The molecule has 2 rings (SSSR count). The van der Waals surface area contributed by atoms with Crippen LogP contribution in [0.1, 0.15) is 42.5 Å². The molecule has 0 radical (unpaired) electrons. The highest BCUT2D eigenvalue weighted by atomic mass is 32.1. The molecule has 2 amide bonds. The van der Waals surface area contributed by atoms with Crippen molar-refractivity contribution in [1.29, 1.82) is 0 Å². The normalized spacial score (nSPS) is 23.6. The van der Waals surface area contributed by atoms with Crippen LogP contribution in [-0.4, -0.2) is 17.9 Å². The Morgan fingerprint density at radius 1 is 1.26 bits per heavy atom. The van der Waals surface area contributed by atoms with E-state index in [0.717, 1.165) is 32.1 Å². The molecule has 6 heteroatoms. The predicted octanol–water partition coefficient (Wildman–Crippen LogP) is 1.69. The highest BCUT2D eigenvalue weighted by Gasteiger charge is 2.27. The third kappa shape index (κ3) is 3.33. The molecular formula is C13H19N3O2S. The van der Waals surface area contributed by atoms with E-state index >= 15 is 0 Å². The van der Waals surface area contributed by atoms with Gasteiger partial charge in [-0.05, 0) is 24.3 Å². The van der Waals surface area contributed by atoms with Crippen molar-refractivity contribution in [2.24, 2.45) is 17.4 Å². The van der Waals surface area contributed by atoms with Crippen LogP contribution in [0, 0.1) is 5.92 Å². The molecule has 1 aromatic heterocycles. The summed E-state index contributed by atoms with van der Waals surface area (Å²) in [5, 5.41) is 5.06. The molecule has 1 aliphatic rings. The number of thiophene rings is 1. The summed E-state index contributed by atoms with van der Waals surface area (Å²) < 4.78 is 0. The van der Waals surface area contributed by atoms with Crippen LogP contribution in [0.15, 0.2) is 11.4 Å². The van der Waals surface area contributed by atoms with Crippen molar-refractivity contribution in [3.05, 3.63) is 17.0 Å². The lowest BCUT2D eigenvalue weighted by atomic mass is 9.94. The fraction of sp³-hybridized carbons (Fsp3) is 0.538. The van der Waals surface area contributed by atoms with Crippen molar-refractivity contribution in [3.63, 3.8) is 0 Å². The number of hydrogen-bond acceptors (Lipinski definition) is 4. The Bertz CT molecular complexity index is 472. The van der Waals surface area contributed by atoms with Gasteiger partial charge >= 0.3 is 0 Å². The highest BCUT2D eigenvalue weighted by molar-refractivity contribution is 7.14. The summed E-state index contributed by atoms with van der Waals surface area (Å²) in [6.45, 7) is 0. The van der Waals surface area contributed by atoms with Gasteiger partial charge < -0.3 is 16.8 Å². The average Bonchev–Trinajstić information content (AvgIpc) is 2.70. The topological polar surface area (TPSA) is 98.2 Å². The maximum Gasteiger partial charge on any atom is 0.251 e. The summed E-state index contributed by atoms with van der Waals surface area (Å²) in [7, 11) is 0. The van der Waals surface area contributed by atoms with Gasteiger partial charge in [0.05, 0.1) is 11.5 Å². The SMILES string of the molecule is NC(=O)c1ccsc1NC(=O)C1CCCCCC1N. The van der Waals surface area contributed by atoms with Crippen molar-refractivity contribution in [2.75, 3.05) is 5.32 Å². The molecule has 1 aliphatic carbocycles. The minimum atomic E-state index is -0.526. The van der Waals surface area contributed by atoms with E-state index < -0.39 is 5.91 Å². The Hall–Kier alpha value is -1.40. The number of amides is 2. The number of carbonyl (C=O) groups excluding carboxylic acids is 2. The number of primary amides is 1. The molecule has 1 saturated carbocycles. The van der Waals surface area contributed by atoms with Gasteiger partial charge in [-0.1, -0.05) is 19.3 Å². The molecule has 2 unspecified atom stereocenters. The molecular weight excluding hydrogens is 262 g/mol. The molecule has 0 aliphatic heterocycles. The van der Waals surface area contributed by atoms with Gasteiger partial charge in [-0.2, -0.15) is 0 Å². The molecule has 1 fully saturated rings. The van der Waals surface area contributed by atoms with E-state index in [0.29, 0.717) is 10.6 Å². The van der Waals surface area contributed by atoms with Gasteiger partial charge in [0.15, 0.2) is 0 Å². The first-order valence-electron chi connectivity index (χ1n) is 6.53. The molecule has 0 spiro atoms.